The van der Waals surface area contributed by atoms with E-state index in [-0.39, 0.29) is 5.82 Å². The second kappa shape index (κ2) is 10.6. The van der Waals surface area contributed by atoms with Crippen LogP contribution in [0.25, 0.3) is 0 Å². The minimum absolute atomic E-state index is 0.291. The van der Waals surface area contributed by atoms with Crippen LogP contribution in [-0.4, -0.2) is 11.7 Å². The fraction of sp³-hybridized carbons (Fsp3) is 0.440. The number of allylic oxidation sites excluding steroid dienone is 1. The average molecular weight is 418 g/mol. The van der Waals surface area contributed by atoms with Gasteiger partial charge in [0.1, 0.15) is 0 Å². The molecule has 0 atom stereocenters. The lowest BCUT2D eigenvalue weighted by atomic mass is 9.77. The van der Waals surface area contributed by atoms with Crippen molar-refractivity contribution in [1.29, 1.82) is 0 Å². The van der Waals surface area contributed by atoms with Gasteiger partial charge in [-0.3, -0.25) is 0 Å². The van der Waals surface area contributed by atoms with Crippen molar-refractivity contribution in [3.8, 4) is 11.5 Å². The van der Waals surface area contributed by atoms with Crippen LogP contribution in [-0.2, 0) is 6.42 Å². The summed E-state index contributed by atoms with van der Waals surface area (Å²) in [6.07, 6.45) is 8.57. The molecule has 0 radical (unpaired) electrons. The fourth-order valence-electron chi connectivity index (χ4n) is 4.21. The van der Waals surface area contributed by atoms with Crippen molar-refractivity contribution in [3.63, 3.8) is 0 Å². The Morgan fingerprint density at radius 2 is 1.80 bits per heavy atom. The molecule has 0 unspecified atom stereocenters. The fourth-order valence-corrected chi connectivity index (χ4v) is 4.21. The van der Waals surface area contributed by atoms with E-state index >= 15 is 0 Å². The third-order valence-electron chi connectivity index (χ3n) is 6.05. The monoisotopic (exact) mass is 418 g/mol. The van der Waals surface area contributed by atoms with Gasteiger partial charge in [-0.05, 0) is 92.5 Å². The lowest BCUT2D eigenvalue weighted by Gasteiger charge is -2.29. The molecule has 1 saturated carbocycles. The van der Waals surface area contributed by atoms with Gasteiger partial charge in [-0.1, -0.05) is 18.2 Å². The van der Waals surface area contributed by atoms with Crippen molar-refractivity contribution in [2.45, 2.75) is 57.3 Å². The second-order valence-electron chi connectivity index (χ2n) is 8.10. The number of benzene rings is 2. The Bertz CT molecular complexity index is 858. The van der Waals surface area contributed by atoms with Crippen molar-refractivity contribution in [2.75, 3.05) is 6.61 Å². The van der Waals surface area contributed by atoms with E-state index in [1.807, 2.05) is 12.1 Å². The summed E-state index contributed by atoms with van der Waals surface area (Å²) >= 11 is 0. The summed E-state index contributed by atoms with van der Waals surface area (Å²) in [5.74, 6) is -2.06. The van der Waals surface area contributed by atoms with Gasteiger partial charge in [-0.25, -0.2) is 8.78 Å². The molecular weight excluding hydrogens is 389 g/mol. The number of aromatic hydroxyl groups is 1. The minimum Gasteiger partial charge on any atom is -0.505 e. The molecule has 0 aromatic heterocycles. The van der Waals surface area contributed by atoms with Crippen LogP contribution in [0.4, 0.5) is 13.2 Å². The quantitative estimate of drug-likeness (QED) is 0.349. The van der Waals surface area contributed by atoms with E-state index in [0.29, 0.717) is 36.2 Å². The highest BCUT2D eigenvalue weighted by atomic mass is 19.2. The smallest absolute Gasteiger partial charge is 0.200 e. The Morgan fingerprint density at radius 1 is 1.03 bits per heavy atom. The lowest BCUT2D eigenvalue weighted by molar-refractivity contribution is 0.294. The maximum absolute atomic E-state index is 14.4. The number of ether oxygens (including phenoxy) is 1. The van der Waals surface area contributed by atoms with Crippen LogP contribution in [0.3, 0.4) is 0 Å². The van der Waals surface area contributed by atoms with Gasteiger partial charge in [-0.2, -0.15) is 4.39 Å². The van der Waals surface area contributed by atoms with Crippen LogP contribution in [0, 0.1) is 23.4 Å². The molecule has 2 aromatic carbocycles. The highest BCUT2D eigenvalue weighted by molar-refractivity contribution is 5.32. The van der Waals surface area contributed by atoms with Crippen molar-refractivity contribution in [1.82, 2.24) is 0 Å². The molecule has 2 nitrogen and oxygen atoms in total. The van der Waals surface area contributed by atoms with E-state index in [4.69, 9.17) is 4.74 Å². The summed E-state index contributed by atoms with van der Waals surface area (Å²) in [5.41, 5.74) is 1.30. The summed E-state index contributed by atoms with van der Waals surface area (Å²) in [7, 11) is 0. The Morgan fingerprint density at radius 3 is 2.50 bits per heavy atom. The number of halogens is 3. The second-order valence-corrected chi connectivity index (χ2v) is 8.10. The van der Waals surface area contributed by atoms with Gasteiger partial charge in [0.15, 0.2) is 23.1 Å². The largest absolute Gasteiger partial charge is 0.505 e. The molecule has 0 spiro atoms. The van der Waals surface area contributed by atoms with Crippen LogP contribution in [0.15, 0.2) is 43.0 Å². The standard InChI is InChI=1S/C25H29F3O2/c1-2-3-4-15-30-23-14-12-20(16-21(23)26)18-8-5-17(6-9-18)7-10-19-11-13-22(29)25(28)24(19)27/h2,11-14,16-18,29H,1,3-10,15H2. The molecular formula is C25H29F3O2. The Balaban J connectivity index is 1.49. The van der Waals surface area contributed by atoms with Gasteiger partial charge in [0.2, 0.25) is 5.82 Å². The van der Waals surface area contributed by atoms with Gasteiger partial charge in [0.05, 0.1) is 6.61 Å². The zero-order chi connectivity index (χ0) is 21.5. The summed E-state index contributed by atoms with van der Waals surface area (Å²) in [5, 5.41) is 9.23. The zero-order valence-corrected chi connectivity index (χ0v) is 17.2. The summed E-state index contributed by atoms with van der Waals surface area (Å²) < 4.78 is 47.3. The first-order valence-electron chi connectivity index (χ1n) is 10.7. The van der Waals surface area contributed by atoms with E-state index in [1.54, 1.807) is 12.1 Å². The number of unbranched alkanes of at least 4 members (excludes halogenated alkanes) is 1. The molecule has 0 amide bonds. The predicted molar refractivity (Wildman–Crippen MR) is 112 cm³/mol. The van der Waals surface area contributed by atoms with E-state index in [1.165, 1.54) is 12.1 Å². The van der Waals surface area contributed by atoms with Crippen LogP contribution in [0.2, 0.25) is 0 Å². The minimum atomic E-state index is -1.17. The number of phenols is 1. The molecule has 1 aliphatic rings. The molecule has 1 N–H and O–H groups in total. The SMILES string of the molecule is C=CCCCOc1ccc(C2CCC(CCc3ccc(O)c(F)c3F)CC2)cc1F. The number of hydrogen-bond donors (Lipinski definition) is 1. The van der Waals surface area contributed by atoms with E-state index in [0.717, 1.165) is 50.5 Å². The summed E-state index contributed by atoms with van der Waals surface area (Å²) in [6, 6.07) is 7.90. The first-order chi connectivity index (χ1) is 14.5. The van der Waals surface area contributed by atoms with Gasteiger partial charge in [0, 0.05) is 0 Å². The molecule has 162 valence electrons. The number of phenolic OH excluding ortho intramolecular Hbond substituents is 1. The predicted octanol–water partition coefficient (Wildman–Crippen LogP) is 7.06. The first kappa shape index (κ1) is 22.3. The van der Waals surface area contributed by atoms with Gasteiger partial charge >= 0.3 is 0 Å². The highest BCUT2D eigenvalue weighted by Gasteiger charge is 2.24. The van der Waals surface area contributed by atoms with Crippen LogP contribution in [0.5, 0.6) is 11.5 Å². The van der Waals surface area contributed by atoms with Crippen molar-refractivity contribution in [3.05, 3.63) is 71.6 Å². The molecule has 0 bridgehead atoms. The summed E-state index contributed by atoms with van der Waals surface area (Å²) in [4.78, 5) is 0. The summed E-state index contributed by atoms with van der Waals surface area (Å²) in [6.45, 7) is 4.13. The molecule has 30 heavy (non-hydrogen) atoms. The number of aryl methyl sites for hydroxylation is 1. The first-order valence-corrected chi connectivity index (χ1v) is 10.7. The third-order valence-corrected chi connectivity index (χ3v) is 6.05. The van der Waals surface area contributed by atoms with Crippen LogP contribution >= 0.6 is 0 Å². The Hall–Kier alpha value is -2.43. The molecule has 2 aromatic rings. The molecule has 5 heteroatoms. The van der Waals surface area contributed by atoms with Crippen molar-refractivity contribution in [2.24, 2.45) is 5.92 Å². The number of rotatable bonds is 9. The molecule has 3 rings (SSSR count). The maximum Gasteiger partial charge on any atom is 0.200 e. The molecule has 0 aliphatic heterocycles. The third kappa shape index (κ3) is 5.59. The Labute approximate surface area is 176 Å². The normalized spacial score (nSPS) is 18.9. The maximum atomic E-state index is 14.4. The molecule has 0 heterocycles. The van der Waals surface area contributed by atoms with Gasteiger partial charge < -0.3 is 9.84 Å². The van der Waals surface area contributed by atoms with Crippen LogP contribution < -0.4 is 4.74 Å². The lowest BCUT2D eigenvalue weighted by Crippen LogP contribution is -2.14. The van der Waals surface area contributed by atoms with Gasteiger partial charge in [0.25, 0.3) is 0 Å². The van der Waals surface area contributed by atoms with Crippen molar-refractivity contribution < 1.29 is 23.0 Å². The van der Waals surface area contributed by atoms with Gasteiger partial charge in [-0.15, -0.1) is 6.58 Å². The average Bonchev–Trinajstić information content (AvgIpc) is 2.76. The molecule has 0 saturated heterocycles. The molecule has 1 aliphatic carbocycles. The highest BCUT2D eigenvalue weighted by Crippen LogP contribution is 2.38. The molecule has 1 fully saturated rings. The van der Waals surface area contributed by atoms with Crippen LogP contribution in [0.1, 0.15) is 62.0 Å². The number of hydrogen-bond acceptors (Lipinski definition) is 2. The van der Waals surface area contributed by atoms with Crippen molar-refractivity contribution >= 4 is 0 Å². The zero-order valence-electron chi connectivity index (χ0n) is 17.2. The van der Waals surface area contributed by atoms with E-state index in [9.17, 15) is 18.3 Å². The Kier molecular flexibility index (Phi) is 7.83. The van der Waals surface area contributed by atoms with E-state index < -0.39 is 17.4 Å². The van der Waals surface area contributed by atoms with E-state index in [2.05, 4.69) is 6.58 Å². The topological polar surface area (TPSA) is 29.5 Å².